The Morgan fingerprint density at radius 1 is 0.931 bits per heavy atom. The summed E-state index contributed by atoms with van der Waals surface area (Å²) in [4.78, 5) is 50.3. The first kappa shape index (κ1) is 18.4. The molecule has 0 saturated carbocycles. The Morgan fingerprint density at radius 3 is 2.21 bits per heavy atom. The monoisotopic (exact) mass is 394 g/mol. The van der Waals surface area contributed by atoms with Gasteiger partial charge in [0.15, 0.2) is 11.6 Å². The zero-order valence-electron chi connectivity index (χ0n) is 15.0. The SMILES string of the molecule is CCC1=CC(=O)c2c(cc3c(c2O)C(=O)c2c(O)cc(O)cc2C3=O)C1C(=O)O. The Balaban J connectivity index is 2.07. The van der Waals surface area contributed by atoms with Crippen molar-refractivity contribution in [1.82, 2.24) is 0 Å². The number of phenolic OH excluding ortho intramolecular Hbond substituents is 3. The molecule has 0 bridgehead atoms. The van der Waals surface area contributed by atoms with Crippen LogP contribution in [0.3, 0.4) is 0 Å². The van der Waals surface area contributed by atoms with Crippen LogP contribution in [0.2, 0.25) is 0 Å². The van der Waals surface area contributed by atoms with Gasteiger partial charge in [0.2, 0.25) is 5.78 Å². The van der Waals surface area contributed by atoms with E-state index in [4.69, 9.17) is 0 Å². The van der Waals surface area contributed by atoms with Crippen LogP contribution < -0.4 is 0 Å². The van der Waals surface area contributed by atoms with Crippen molar-refractivity contribution in [2.45, 2.75) is 19.3 Å². The van der Waals surface area contributed by atoms with E-state index in [-0.39, 0.29) is 28.7 Å². The number of hydrogen-bond acceptors (Lipinski definition) is 7. The molecule has 8 nitrogen and oxygen atoms in total. The van der Waals surface area contributed by atoms with Crippen LogP contribution in [-0.2, 0) is 4.79 Å². The van der Waals surface area contributed by atoms with Gasteiger partial charge in [-0.3, -0.25) is 19.2 Å². The average Bonchev–Trinajstić information content (AvgIpc) is 2.64. The van der Waals surface area contributed by atoms with Crippen LogP contribution in [0.25, 0.3) is 0 Å². The Hall–Kier alpha value is -3.94. The zero-order chi connectivity index (χ0) is 21.2. The highest BCUT2D eigenvalue weighted by Gasteiger charge is 2.41. The van der Waals surface area contributed by atoms with Crippen LogP contribution in [0.5, 0.6) is 17.2 Å². The van der Waals surface area contributed by atoms with E-state index in [0.29, 0.717) is 5.57 Å². The molecule has 4 rings (SSSR count). The number of hydrogen-bond donors (Lipinski definition) is 4. The first-order valence-corrected chi connectivity index (χ1v) is 8.70. The molecule has 1 atom stereocenters. The molecule has 0 heterocycles. The lowest BCUT2D eigenvalue weighted by atomic mass is 9.74. The second kappa shape index (κ2) is 6.03. The number of carbonyl (C=O) groups excluding carboxylic acids is 3. The molecule has 0 amide bonds. The first-order valence-electron chi connectivity index (χ1n) is 8.70. The van der Waals surface area contributed by atoms with E-state index in [1.54, 1.807) is 6.92 Å². The van der Waals surface area contributed by atoms with Crippen LogP contribution in [0, 0.1) is 0 Å². The topological polar surface area (TPSA) is 149 Å². The number of phenols is 3. The van der Waals surface area contributed by atoms with E-state index in [1.807, 2.05) is 0 Å². The highest BCUT2D eigenvalue weighted by molar-refractivity contribution is 6.31. The highest BCUT2D eigenvalue weighted by atomic mass is 16.4. The van der Waals surface area contributed by atoms with Gasteiger partial charge in [-0.15, -0.1) is 0 Å². The zero-order valence-corrected chi connectivity index (χ0v) is 15.0. The first-order chi connectivity index (χ1) is 13.7. The maximum absolute atomic E-state index is 13.0. The van der Waals surface area contributed by atoms with E-state index in [0.717, 1.165) is 24.3 Å². The summed E-state index contributed by atoms with van der Waals surface area (Å²) in [6, 6.07) is 3.02. The number of aliphatic carboxylic acids is 1. The summed E-state index contributed by atoms with van der Waals surface area (Å²) in [6.07, 6.45) is 1.38. The molecular formula is C21H14O8. The molecule has 2 aromatic rings. The summed E-state index contributed by atoms with van der Waals surface area (Å²) in [5.74, 6) is -6.78. The van der Waals surface area contributed by atoms with Crippen molar-refractivity contribution in [2.24, 2.45) is 0 Å². The smallest absolute Gasteiger partial charge is 0.315 e. The molecule has 2 aliphatic carbocycles. The molecule has 0 radical (unpaired) electrons. The fourth-order valence-electron chi connectivity index (χ4n) is 4.01. The molecule has 0 spiro atoms. The van der Waals surface area contributed by atoms with E-state index in [9.17, 15) is 39.6 Å². The van der Waals surface area contributed by atoms with Gasteiger partial charge >= 0.3 is 5.97 Å². The maximum atomic E-state index is 13.0. The highest BCUT2D eigenvalue weighted by Crippen LogP contribution is 2.45. The number of carbonyl (C=O) groups is 4. The lowest BCUT2D eigenvalue weighted by Crippen LogP contribution is -2.27. The number of aromatic hydroxyl groups is 3. The number of benzene rings is 2. The van der Waals surface area contributed by atoms with Gasteiger partial charge in [-0.25, -0.2) is 0 Å². The Morgan fingerprint density at radius 2 is 1.59 bits per heavy atom. The summed E-state index contributed by atoms with van der Waals surface area (Å²) >= 11 is 0. The predicted octanol–water partition coefficient (Wildman–Crippen LogP) is 2.28. The number of rotatable bonds is 2. The van der Waals surface area contributed by atoms with Crippen LogP contribution in [0.1, 0.15) is 67.0 Å². The minimum Gasteiger partial charge on any atom is -0.508 e. The van der Waals surface area contributed by atoms with Crippen LogP contribution >= 0.6 is 0 Å². The Kier molecular flexibility index (Phi) is 3.83. The second-order valence-corrected chi connectivity index (χ2v) is 6.87. The van der Waals surface area contributed by atoms with E-state index in [1.165, 1.54) is 0 Å². The third-order valence-corrected chi connectivity index (χ3v) is 5.28. The molecule has 1 unspecified atom stereocenters. The van der Waals surface area contributed by atoms with Gasteiger partial charge in [-0.05, 0) is 35.8 Å². The third kappa shape index (κ3) is 2.39. The largest absolute Gasteiger partial charge is 0.508 e. The Bertz CT molecular complexity index is 1200. The number of fused-ring (bicyclic) bond motifs is 3. The van der Waals surface area contributed by atoms with Crippen molar-refractivity contribution in [3.05, 3.63) is 63.2 Å². The fourth-order valence-corrected chi connectivity index (χ4v) is 4.01. The van der Waals surface area contributed by atoms with Crippen molar-refractivity contribution in [2.75, 3.05) is 0 Å². The normalized spacial score (nSPS) is 17.3. The summed E-state index contributed by atoms with van der Waals surface area (Å²) in [5.41, 5.74) is -1.57. The summed E-state index contributed by atoms with van der Waals surface area (Å²) < 4.78 is 0. The van der Waals surface area contributed by atoms with Crippen molar-refractivity contribution in [1.29, 1.82) is 0 Å². The quantitative estimate of drug-likeness (QED) is 0.517. The number of carboxylic acid groups (broad SMARTS) is 1. The molecule has 8 heteroatoms. The minimum absolute atomic E-state index is 0.0768. The van der Waals surface area contributed by atoms with Gasteiger partial charge < -0.3 is 20.4 Å². The molecule has 0 aromatic heterocycles. The van der Waals surface area contributed by atoms with Crippen molar-refractivity contribution >= 4 is 23.3 Å². The number of carboxylic acids is 1. The molecule has 0 aliphatic heterocycles. The van der Waals surface area contributed by atoms with Crippen molar-refractivity contribution in [3.63, 3.8) is 0 Å². The van der Waals surface area contributed by atoms with Gasteiger partial charge in [0.05, 0.1) is 16.7 Å². The van der Waals surface area contributed by atoms with Gasteiger partial charge in [0.1, 0.15) is 23.2 Å². The van der Waals surface area contributed by atoms with Crippen molar-refractivity contribution < 1.29 is 39.6 Å². The minimum atomic E-state index is -1.27. The van der Waals surface area contributed by atoms with Gasteiger partial charge in [-0.1, -0.05) is 6.92 Å². The third-order valence-electron chi connectivity index (χ3n) is 5.28. The molecule has 29 heavy (non-hydrogen) atoms. The van der Waals surface area contributed by atoms with E-state index >= 15 is 0 Å². The van der Waals surface area contributed by atoms with Gasteiger partial charge in [0.25, 0.3) is 0 Å². The average molecular weight is 394 g/mol. The molecule has 4 N–H and O–H groups in total. The second-order valence-electron chi connectivity index (χ2n) is 6.87. The molecule has 2 aliphatic rings. The van der Waals surface area contributed by atoms with Gasteiger partial charge in [0, 0.05) is 17.2 Å². The van der Waals surface area contributed by atoms with Gasteiger partial charge in [-0.2, -0.15) is 0 Å². The van der Waals surface area contributed by atoms with Crippen molar-refractivity contribution in [3.8, 4) is 17.2 Å². The number of ketones is 3. The molecule has 146 valence electrons. The summed E-state index contributed by atoms with van der Waals surface area (Å²) in [7, 11) is 0. The van der Waals surface area contributed by atoms with Crippen LogP contribution in [-0.4, -0.2) is 43.7 Å². The lowest BCUT2D eigenvalue weighted by molar-refractivity contribution is -0.137. The molecule has 0 fully saturated rings. The molecule has 0 saturated heterocycles. The summed E-state index contributed by atoms with van der Waals surface area (Å²) in [5, 5.41) is 40.1. The number of allylic oxidation sites excluding steroid dienone is 1. The predicted molar refractivity (Wildman–Crippen MR) is 97.8 cm³/mol. The Labute approximate surface area is 163 Å². The molecular weight excluding hydrogens is 380 g/mol. The van der Waals surface area contributed by atoms with Crippen LogP contribution in [0.15, 0.2) is 29.8 Å². The van der Waals surface area contributed by atoms with Crippen LogP contribution in [0.4, 0.5) is 0 Å². The van der Waals surface area contributed by atoms with E-state index < -0.39 is 57.6 Å². The molecule has 2 aromatic carbocycles. The van der Waals surface area contributed by atoms with E-state index in [2.05, 4.69) is 0 Å². The fraction of sp³-hybridized carbons (Fsp3) is 0.143. The maximum Gasteiger partial charge on any atom is 0.315 e. The standard InChI is InChI=1S/C21H14O8/c1-2-7-3-12(23)15-9(14(7)21(28)29)6-11-17(19(15)26)20(27)16-10(18(11)25)4-8(22)5-13(16)24/h3-6,14,22,24,26H,2H2,1H3,(H,28,29). The lowest BCUT2D eigenvalue weighted by Gasteiger charge is -2.27. The summed E-state index contributed by atoms with van der Waals surface area (Å²) in [6.45, 7) is 1.68.